The smallest absolute Gasteiger partial charge is 0.301 e. The molecule has 0 aliphatic rings. The molecule has 0 aliphatic heterocycles. The summed E-state index contributed by atoms with van der Waals surface area (Å²) in [5.41, 5.74) is 10.5. The predicted molar refractivity (Wildman–Crippen MR) is 38.4 cm³/mol. The molecule has 0 aliphatic carbocycles. The normalized spacial score (nSPS) is 16.7. The topological polar surface area (TPSA) is 98.6 Å². The van der Waals surface area contributed by atoms with Crippen LogP contribution < -0.4 is 11.5 Å². The van der Waals surface area contributed by atoms with E-state index in [2.05, 4.69) is 4.18 Å². The van der Waals surface area contributed by atoms with Crippen molar-refractivity contribution in [2.75, 3.05) is 13.2 Å². The van der Waals surface area contributed by atoms with Crippen molar-refractivity contribution in [3.8, 4) is 0 Å². The minimum Gasteiger partial charge on any atom is -0.330 e. The van der Waals surface area contributed by atoms with Crippen LogP contribution in [0.4, 0.5) is 0 Å². The quantitative estimate of drug-likeness (QED) is 0.449. The summed E-state index contributed by atoms with van der Waals surface area (Å²) in [4.78, 5) is 0. The summed E-state index contributed by atoms with van der Waals surface area (Å²) in [6.45, 7) is 0.531. The van der Waals surface area contributed by atoms with Gasteiger partial charge in [-0.05, 0) is 13.0 Å². The van der Waals surface area contributed by atoms with Gasteiger partial charge in [-0.3, -0.25) is 8.74 Å². The van der Waals surface area contributed by atoms with E-state index in [9.17, 15) is 4.21 Å². The van der Waals surface area contributed by atoms with Crippen molar-refractivity contribution >= 4 is 11.4 Å². The maximum Gasteiger partial charge on any atom is 0.301 e. The lowest BCUT2D eigenvalue weighted by Gasteiger charge is -2.06. The Balaban J connectivity index is 3.21. The third-order valence-electron chi connectivity index (χ3n) is 0.920. The van der Waals surface area contributed by atoms with Crippen molar-refractivity contribution in [1.82, 2.24) is 0 Å². The SMILES string of the molecule is NCCC(N)COS(=O)O. The van der Waals surface area contributed by atoms with E-state index in [1.165, 1.54) is 0 Å². The van der Waals surface area contributed by atoms with E-state index in [-0.39, 0.29) is 12.6 Å². The second-order valence-electron chi connectivity index (χ2n) is 1.84. The molecular formula is C4H12N2O3S. The van der Waals surface area contributed by atoms with Crippen molar-refractivity contribution in [3.63, 3.8) is 0 Å². The van der Waals surface area contributed by atoms with Gasteiger partial charge in [0.2, 0.25) is 0 Å². The molecule has 0 saturated heterocycles. The van der Waals surface area contributed by atoms with Crippen LogP contribution in [0.3, 0.4) is 0 Å². The summed E-state index contributed by atoms with van der Waals surface area (Å²) in [7, 11) is 0. The maximum absolute atomic E-state index is 9.91. The second-order valence-corrected chi connectivity index (χ2v) is 2.51. The molecule has 0 bridgehead atoms. The van der Waals surface area contributed by atoms with E-state index in [0.717, 1.165) is 0 Å². The van der Waals surface area contributed by atoms with E-state index in [4.69, 9.17) is 16.0 Å². The number of hydrogen-bond acceptors (Lipinski definition) is 4. The Labute approximate surface area is 62.2 Å². The Bertz CT molecular complexity index is 111. The summed E-state index contributed by atoms with van der Waals surface area (Å²) < 4.78 is 22.3. The molecule has 6 heteroatoms. The van der Waals surface area contributed by atoms with Gasteiger partial charge in [0.1, 0.15) is 0 Å². The molecule has 0 rings (SSSR count). The average molecular weight is 168 g/mol. The lowest BCUT2D eigenvalue weighted by Crippen LogP contribution is -2.29. The average Bonchev–Trinajstić information content (AvgIpc) is 1.85. The maximum atomic E-state index is 9.91. The molecule has 2 unspecified atom stereocenters. The molecule has 0 heterocycles. The fraction of sp³-hybridized carbons (Fsp3) is 1.00. The number of rotatable bonds is 5. The van der Waals surface area contributed by atoms with E-state index in [1.54, 1.807) is 0 Å². The van der Waals surface area contributed by atoms with Gasteiger partial charge in [-0.1, -0.05) is 0 Å². The van der Waals surface area contributed by atoms with Gasteiger partial charge < -0.3 is 11.5 Å². The minimum atomic E-state index is -2.21. The van der Waals surface area contributed by atoms with Crippen LogP contribution >= 0.6 is 0 Å². The van der Waals surface area contributed by atoms with Crippen LogP contribution in [0.15, 0.2) is 0 Å². The molecule has 0 aromatic carbocycles. The summed E-state index contributed by atoms with van der Waals surface area (Å²) in [6, 6.07) is -0.249. The highest BCUT2D eigenvalue weighted by molar-refractivity contribution is 7.74. The van der Waals surface area contributed by atoms with Gasteiger partial charge in [0.05, 0.1) is 6.61 Å². The summed E-state index contributed by atoms with van der Waals surface area (Å²) >= 11 is -2.21. The second kappa shape index (κ2) is 5.75. The molecule has 0 fully saturated rings. The van der Waals surface area contributed by atoms with Gasteiger partial charge in [0.15, 0.2) is 0 Å². The summed E-state index contributed by atoms with van der Waals surface area (Å²) in [5.74, 6) is 0. The zero-order chi connectivity index (χ0) is 7.98. The Hall–Kier alpha value is -0.0100. The molecule has 0 radical (unpaired) electrons. The molecular weight excluding hydrogens is 156 g/mol. The largest absolute Gasteiger partial charge is 0.330 e. The van der Waals surface area contributed by atoms with Gasteiger partial charge in [0.25, 0.3) is 0 Å². The lowest BCUT2D eigenvalue weighted by atomic mass is 10.2. The third kappa shape index (κ3) is 6.12. The molecule has 0 aromatic rings. The fourth-order valence-electron chi connectivity index (χ4n) is 0.443. The highest BCUT2D eigenvalue weighted by atomic mass is 32.2. The Morgan fingerprint density at radius 2 is 2.30 bits per heavy atom. The van der Waals surface area contributed by atoms with Crippen LogP contribution in [0.1, 0.15) is 6.42 Å². The van der Waals surface area contributed by atoms with Gasteiger partial charge in [-0.2, -0.15) is 4.21 Å². The number of nitrogens with two attached hydrogens (primary N) is 2. The van der Waals surface area contributed by atoms with Crippen LogP contribution in [-0.2, 0) is 15.5 Å². The van der Waals surface area contributed by atoms with Crippen molar-refractivity contribution in [2.45, 2.75) is 12.5 Å². The Kier molecular flexibility index (Phi) is 5.74. The first kappa shape index (κ1) is 9.99. The minimum absolute atomic E-state index is 0.0698. The zero-order valence-electron chi connectivity index (χ0n) is 5.53. The van der Waals surface area contributed by atoms with Gasteiger partial charge in [0, 0.05) is 6.04 Å². The van der Waals surface area contributed by atoms with E-state index in [1.807, 2.05) is 0 Å². The van der Waals surface area contributed by atoms with Crippen LogP contribution in [-0.4, -0.2) is 28.0 Å². The molecule has 5 nitrogen and oxygen atoms in total. The van der Waals surface area contributed by atoms with E-state index < -0.39 is 11.4 Å². The van der Waals surface area contributed by atoms with Crippen molar-refractivity contribution in [3.05, 3.63) is 0 Å². The van der Waals surface area contributed by atoms with Crippen molar-refractivity contribution < 1.29 is 12.9 Å². The molecule has 0 aromatic heterocycles. The summed E-state index contributed by atoms with van der Waals surface area (Å²) in [5, 5.41) is 0. The zero-order valence-corrected chi connectivity index (χ0v) is 6.34. The monoisotopic (exact) mass is 168 g/mol. The predicted octanol–water partition coefficient (Wildman–Crippen LogP) is -1.18. The first-order valence-electron chi connectivity index (χ1n) is 2.86. The molecule has 0 spiro atoms. The van der Waals surface area contributed by atoms with Gasteiger partial charge in [-0.25, -0.2) is 0 Å². The van der Waals surface area contributed by atoms with Crippen LogP contribution in [0.25, 0.3) is 0 Å². The van der Waals surface area contributed by atoms with E-state index in [0.29, 0.717) is 13.0 Å². The van der Waals surface area contributed by atoms with Crippen molar-refractivity contribution in [2.24, 2.45) is 11.5 Å². The molecule has 0 amide bonds. The highest BCUT2D eigenvalue weighted by Gasteiger charge is 2.02. The van der Waals surface area contributed by atoms with Gasteiger partial charge >= 0.3 is 11.4 Å². The summed E-state index contributed by atoms with van der Waals surface area (Å²) in [6.07, 6.45) is 0.594. The van der Waals surface area contributed by atoms with Crippen LogP contribution in [0.5, 0.6) is 0 Å². The number of hydrogen-bond donors (Lipinski definition) is 3. The Morgan fingerprint density at radius 1 is 1.70 bits per heavy atom. The first-order valence-corrected chi connectivity index (χ1v) is 3.89. The standard InChI is InChI=1S/C4H12N2O3S/c5-2-1-4(6)3-9-10(7)8/h4H,1-3,5-6H2,(H,7,8). The van der Waals surface area contributed by atoms with Crippen molar-refractivity contribution in [1.29, 1.82) is 0 Å². The Morgan fingerprint density at radius 3 is 2.70 bits per heavy atom. The lowest BCUT2D eigenvalue weighted by molar-refractivity contribution is 0.278. The van der Waals surface area contributed by atoms with Crippen LogP contribution in [0.2, 0.25) is 0 Å². The first-order chi connectivity index (χ1) is 4.66. The van der Waals surface area contributed by atoms with E-state index >= 15 is 0 Å². The van der Waals surface area contributed by atoms with Gasteiger partial charge in [-0.15, -0.1) is 0 Å². The third-order valence-corrected chi connectivity index (χ3v) is 1.26. The molecule has 0 saturated carbocycles. The molecule has 10 heavy (non-hydrogen) atoms. The fourth-order valence-corrected chi connectivity index (χ4v) is 0.734. The molecule has 5 N–H and O–H groups in total. The molecule has 62 valence electrons. The molecule has 2 atom stereocenters. The highest BCUT2D eigenvalue weighted by Crippen LogP contribution is 1.88. The van der Waals surface area contributed by atoms with Crippen LogP contribution in [0, 0.1) is 0 Å².